The SMILES string of the molecule is CS[C@@H]1SC[C@H]2C(=O)N(C)[C@]3(C[C@@H]3C)C(=O)OC[C@@H](NC(=O)c3nc4ccccc4cc3O)C(=O)N[C@@H](C)C(=O)N(C)[C@@H]1C(=O)N(C)[C@]1(C[C@@H]1C)C(=O)OC[C@@H](NC(=O)c1nc3ccccc3cc1O)C(=O)N[C@@H](C)C(=O)N2C. The van der Waals surface area contributed by atoms with Crippen LogP contribution in [0.1, 0.15) is 61.5 Å². The van der Waals surface area contributed by atoms with Gasteiger partial charge in [0.25, 0.3) is 11.8 Å². The summed E-state index contributed by atoms with van der Waals surface area (Å²) in [6.07, 6.45) is 1.79. The van der Waals surface area contributed by atoms with E-state index in [1.54, 1.807) is 68.6 Å². The summed E-state index contributed by atoms with van der Waals surface area (Å²) in [6.45, 7) is 4.34. The molecule has 2 aliphatic carbocycles. The van der Waals surface area contributed by atoms with Crippen molar-refractivity contribution in [3.05, 3.63) is 72.1 Å². The van der Waals surface area contributed by atoms with Crippen molar-refractivity contribution >= 4 is 105 Å². The fourth-order valence-electron chi connectivity index (χ4n) is 10.3. The number of ether oxygens (including phenoxy) is 2. The van der Waals surface area contributed by atoms with Crippen LogP contribution in [-0.2, 0) is 47.8 Å². The highest BCUT2D eigenvalue weighted by Crippen LogP contribution is 2.51. The number of likely N-dealkylation sites (N-methyl/N-ethyl adjacent to an activating group) is 4. The van der Waals surface area contributed by atoms with E-state index < -0.39 is 159 Å². The molecule has 8 amide bonds. The van der Waals surface area contributed by atoms with E-state index in [-0.39, 0.29) is 18.6 Å². The lowest BCUT2D eigenvalue weighted by atomic mass is 10.1. The summed E-state index contributed by atoms with van der Waals surface area (Å²) in [5, 5.41) is 32.8. The second kappa shape index (κ2) is 22.5. The van der Waals surface area contributed by atoms with Crippen molar-refractivity contribution in [3.8, 4) is 11.5 Å². The first-order valence-electron chi connectivity index (χ1n) is 25.3. The Morgan fingerprint density at radius 3 is 1.47 bits per heavy atom. The van der Waals surface area contributed by atoms with Gasteiger partial charge in [0.05, 0.1) is 15.6 Å². The first kappa shape index (κ1) is 57.4. The molecule has 4 heterocycles. The standard InChI is InChI=1S/C53H62N10O14S2/c1-25-20-52(25)50(74)76-22-34(59-44(69)39-37(65)19-30-15-11-13-17-32(30)57-39)42(67)55-28(4)46(71)61(6)40-48(73)63(8)53(21-26(53)2)51(75)77-23-33(58-43(68)38-36(64)18-29-14-10-12-16-31(29)56-38)41(66)54-27(3)45(70)60(5)35(47(72)62(52)7)24-79-49(40)78-9/h10-19,25-28,33-35,40,49,64-65H,20-24H2,1-9H3,(H,54,66)(H,55,67)(H,58,68)(H,59,69)/t25-,26-,27-,28-,33+,34+,35-,40+,49+,52-,53-/m0/s1. The number of amides is 8. The van der Waals surface area contributed by atoms with Crippen molar-refractivity contribution in [2.24, 2.45) is 11.8 Å². The van der Waals surface area contributed by atoms with Gasteiger partial charge >= 0.3 is 11.9 Å². The second-order valence-corrected chi connectivity index (χ2v) is 22.9. The van der Waals surface area contributed by atoms with E-state index >= 15 is 9.59 Å². The van der Waals surface area contributed by atoms with Crippen LogP contribution in [0.15, 0.2) is 60.7 Å². The number of cyclic esters (lactones) is 2. The number of hydrogen-bond donors (Lipinski definition) is 6. The molecule has 420 valence electrons. The zero-order valence-electron chi connectivity index (χ0n) is 44.8. The first-order chi connectivity index (χ1) is 37.4. The maximum Gasteiger partial charge on any atom is 0.332 e. The molecule has 6 N–H and O–H groups in total. The van der Waals surface area contributed by atoms with E-state index in [9.17, 15) is 48.6 Å². The Morgan fingerprint density at radius 1 is 0.646 bits per heavy atom. The lowest BCUT2D eigenvalue weighted by Gasteiger charge is -2.39. The number of esters is 2. The Morgan fingerprint density at radius 2 is 1.05 bits per heavy atom. The summed E-state index contributed by atoms with van der Waals surface area (Å²) >= 11 is 2.15. The van der Waals surface area contributed by atoms with Crippen LogP contribution in [0.4, 0.5) is 0 Å². The molecule has 2 saturated carbocycles. The van der Waals surface area contributed by atoms with Gasteiger partial charge in [-0.25, -0.2) is 19.6 Å². The van der Waals surface area contributed by atoms with Crippen molar-refractivity contribution in [3.63, 3.8) is 0 Å². The summed E-state index contributed by atoms with van der Waals surface area (Å²) < 4.78 is 10.6. The van der Waals surface area contributed by atoms with E-state index in [0.29, 0.717) is 21.8 Å². The first-order valence-corrected chi connectivity index (χ1v) is 27.7. The third-order valence-corrected chi connectivity index (χ3v) is 18.2. The fraction of sp³-hybridized carbons (Fsp3) is 0.472. The van der Waals surface area contributed by atoms with Crippen LogP contribution in [0.2, 0.25) is 0 Å². The van der Waals surface area contributed by atoms with Crippen LogP contribution in [0.3, 0.4) is 0 Å². The molecule has 0 radical (unpaired) electrons. The molecule has 79 heavy (non-hydrogen) atoms. The fourth-order valence-corrected chi connectivity index (χ4v) is 12.8. The number of fused-ring (bicyclic) bond motifs is 6. The number of aromatic hydroxyl groups is 2. The molecule has 2 aromatic heterocycles. The number of hydrogen-bond acceptors (Lipinski definition) is 18. The molecule has 11 atom stereocenters. The van der Waals surface area contributed by atoms with Gasteiger partial charge in [-0.2, -0.15) is 0 Å². The number of para-hydroxylation sites is 2. The van der Waals surface area contributed by atoms with Crippen molar-refractivity contribution in [1.82, 2.24) is 50.8 Å². The summed E-state index contributed by atoms with van der Waals surface area (Å²) in [4.78, 5) is 158. The van der Waals surface area contributed by atoms with Crippen molar-refractivity contribution in [2.75, 3.05) is 53.4 Å². The number of carbonyl (C=O) groups is 10. The highest BCUT2D eigenvalue weighted by molar-refractivity contribution is 8.16. The predicted octanol–water partition coefficient (Wildman–Crippen LogP) is 0.765. The lowest BCUT2D eigenvalue weighted by Crippen LogP contribution is -2.61. The molecule has 8 rings (SSSR count). The average Bonchev–Trinajstić information content (AvgIpc) is 4.50. The minimum atomic E-state index is -1.74. The minimum Gasteiger partial charge on any atom is -0.505 e. The van der Waals surface area contributed by atoms with Crippen LogP contribution in [0, 0.1) is 11.8 Å². The Balaban J connectivity index is 1.18. The predicted molar refractivity (Wildman–Crippen MR) is 288 cm³/mol. The normalized spacial score (nSPS) is 29.8. The van der Waals surface area contributed by atoms with Gasteiger partial charge in [-0.15, -0.1) is 23.5 Å². The van der Waals surface area contributed by atoms with Crippen molar-refractivity contribution in [2.45, 2.75) is 92.4 Å². The van der Waals surface area contributed by atoms with Gasteiger partial charge in [-0.3, -0.25) is 38.4 Å². The smallest absolute Gasteiger partial charge is 0.332 e. The number of rotatable bonds is 5. The van der Waals surface area contributed by atoms with E-state index in [1.807, 2.05) is 0 Å². The van der Waals surface area contributed by atoms with Gasteiger partial charge in [0.15, 0.2) is 11.4 Å². The zero-order chi connectivity index (χ0) is 57.6. The molecular weight excluding hydrogens is 1060 g/mol. The number of nitrogens with zero attached hydrogens (tertiary/aromatic N) is 6. The Labute approximate surface area is 462 Å². The van der Waals surface area contributed by atoms with Crippen molar-refractivity contribution < 1.29 is 67.6 Å². The van der Waals surface area contributed by atoms with E-state index in [4.69, 9.17) is 9.47 Å². The monoisotopic (exact) mass is 1130 g/mol. The maximum atomic E-state index is 15.4. The largest absolute Gasteiger partial charge is 0.505 e. The third kappa shape index (κ3) is 10.9. The summed E-state index contributed by atoms with van der Waals surface area (Å²) in [6, 6.07) is 6.60. The van der Waals surface area contributed by atoms with Gasteiger partial charge in [-0.1, -0.05) is 50.2 Å². The molecule has 2 saturated heterocycles. The molecule has 4 aliphatic rings. The third-order valence-electron chi connectivity index (χ3n) is 15.4. The quantitative estimate of drug-likeness (QED) is 0.150. The minimum absolute atomic E-state index is 0.0694. The molecule has 2 spiro atoms. The maximum absolute atomic E-state index is 15.4. The van der Waals surface area contributed by atoms with Crippen LogP contribution in [-0.4, -0.2) is 204 Å². The summed E-state index contributed by atoms with van der Waals surface area (Å²) in [5.41, 5.74) is -3.59. The van der Waals surface area contributed by atoms with Gasteiger partial charge in [0.1, 0.15) is 72.0 Å². The van der Waals surface area contributed by atoms with Gasteiger partial charge in [0, 0.05) is 44.7 Å². The molecule has 0 unspecified atom stereocenters. The number of carbonyl (C=O) groups excluding carboxylic acids is 10. The van der Waals surface area contributed by atoms with Crippen LogP contribution >= 0.6 is 23.5 Å². The van der Waals surface area contributed by atoms with Gasteiger partial charge in [0.2, 0.25) is 35.4 Å². The van der Waals surface area contributed by atoms with Crippen LogP contribution < -0.4 is 21.3 Å². The summed E-state index contributed by atoms with van der Waals surface area (Å²) in [7, 11) is 5.33. The molecule has 4 fully saturated rings. The Bertz CT molecular complexity index is 3190. The molecule has 24 nitrogen and oxygen atoms in total. The Hall–Kier alpha value is -7.74. The number of benzene rings is 2. The van der Waals surface area contributed by atoms with Gasteiger partial charge in [-0.05, 0) is 69.0 Å². The Kier molecular flexibility index (Phi) is 16.4. The zero-order valence-corrected chi connectivity index (χ0v) is 46.4. The lowest BCUT2D eigenvalue weighted by molar-refractivity contribution is -0.161. The second-order valence-electron chi connectivity index (χ2n) is 20.5. The molecule has 2 aliphatic heterocycles. The molecule has 2 aromatic carbocycles. The van der Waals surface area contributed by atoms with Crippen molar-refractivity contribution in [1.29, 1.82) is 0 Å². The van der Waals surface area contributed by atoms with Crippen LogP contribution in [0.5, 0.6) is 11.5 Å². The molecule has 26 heteroatoms. The molecule has 2 bridgehead atoms. The van der Waals surface area contributed by atoms with E-state index in [0.717, 1.165) is 43.1 Å². The number of thioether (sulfide) groups is 2. The number of pyridine rings is 2. The number of nitrogens with one attached hydrogen (secondary N) is 4. The van der Waals surface area contributed by atoms with Crippen LogP contribution in [0.25, 0.3) is 21.8 Å². The van der Waals surface area contributed by atoms with E-state index in [1.165, 1.54) is 54.2 Å². The topological polar surface area (TPSA) is 316 Å². The van der Waals surface area contributed by atoms with Gasteiger partial charge < -0.3 is 60.6 Å². The summed E-state index contributed by atoms with van der Waals surface area (Å²) in [5.74, 6) is -11.7. The highest BCUT2D eigenvalue weighted by Gasteiger charge is 2.65. The number of aromatic nitrogens is 2. The molecule has 4 aromatic rings. The van der Waals surface area contributed by atoms with E-state index in [2.05, 4.69) is 31.2 Å². The molecular formula is C53H62N10O14S2. The average molecular weight is 1130 g/mol. The highest BCUT2D eigenvalue weighted by atomic mass is 32.2.